The molecule has 0 aliphatic heterocycles. The summed E-state index contributed by atoms with van der Waals surface area (Å²) in [6.45, 7) is 0. The normalized spacial score (nSPS) is 11.8. The zero-order valence-corrected chi connectivity index (χ0v) is 25.6. The number of aromatic nitrogens is 3. The molecule has 48 heavy (non-hydrogen) atoms. The van der Waals surface area contributed by atoms with Crippen molar-refractivity contribution in [3.05, 3.63) is 152 Å². The van der Waals surface area contributed by atoms with Crippen LogP contribution in [0.15, 0.2) is 160 Å². The van der Waals surface area contributed by atoms with Crippen molar-refractivity contribution in [1.29, 1.82) is 0 Å². The van der Waals surface area contributed by atoms with E-state index in [-0.39, 0.29) is 0 Å². The van der Waals surface area contributed by atoms with E-state index in [1.165, 1.54) is 0 Å². The Balaban J connectivity index is 1.10. The summed E-state index contributed by atoms with van der Waals surface area (Å²) >= 11 is 0. The van der Waals surface area contributed by atoms with Gasteiger partial charge in [0.05, 0.1) is 0 Å². The molecule has 10 aromatic rings. The minimum absolute atomic E-state index is 0.619. The van der Waals surface area contributed by atoms with Gasteiger partial charge in [-0.1, -0.05) is 121 Å². The number of nitrogens with zero attached hydrogens (tertiary/aromatic N) is 3. The van der Waals surface area contributed by atoms with Gasteiger partial charge in [0, 0.05) is 38.2 Å². The van der Waals surface area contributed by atoms with Crippen LogP contribution in [0.1, 0.15) is 0 Å². The van der Waals surface area contributed by atoms with Gasteiger partial charge in [-0.2, -0.15) is 0 Å². The van der Waals surface area contributed by atoms with E-state index in [0.717, 1.165) is 82.5 Å². The summed E-state index contributed by atoms with van der Waals surface area (Å²) in [5, 5.41) is 6.69. The van der Waals surface area contributed by atoms with Crippen LogP contribution in [0, 0.1) is 0 Å². The second-order valence-electron chi connectivity index (χ2n) is 12.0. The van der Waals surface area contributed by atoms with Gasteiger partial charge in [-0.3, -0.25) is 0 Å². The zero-order valence-electron chi connectivity index (χ0n) is 25.6. The number of hydrogen-bond acceptors (Lipinski definition) is 5. The molecular weight excluding hydrogens is 590 g/mol. The van der Waals surface area contributed by atoms with E-state index in [0.29, 0.717) is 17.5 Å². The highest BCUT2D eigenvalue weighted by Crippen LogP contribution is 2.38. The van der Waals surface area contributed by atoms with Crippen LogP contribution in [0.25, 0.3) is 99.9 Å². The molecular formula is C43H25N3O2. The van der Waals surface area contributed by atoms with Crippen molar-refractivity contribution >= 4 is 54.6 Å². The summed E-state index contributed by atoms with van der Waals surface area (Å²) in [5.74, 6) is 1.87. The first-order valence-corrected chi connectivity index (χ1v) is 15.9. The van der Waals surface area contributed by atoms with Crippen LogP contribution in [0.2, 0.25) is 0 Å². The van der Waals surface area contributed by atoms with Gasteiger partial charge in [0.25, 0.3) is 0 Å². The van der Waals surface area contributed by atoms with Gasteiger partial charge in [-0.25, -0.2) is 15.0 Å². The van der Waals surface area contributed by atoms with Crippen LogP contribution in [0.3, 0.4) is 0 Å². The van der Waals surface area contributed by atoms with Gasteiger partial charge in [-0.05, 0) is 52.2 Å². The fraction of sp³-hybridized carbons (Fsp3) is 0. The first-order chi connectivity index (χ1) is 23.8. The van der Waals surface area contributed by atoms with E-state index in [9.17, 15) is 0 Å². The molecule has 5 heteroatoms. The molecule has 0 aliphatic carbocycles. The molecule has 0 unspecified atom stereocenters. The lowest BCUT2D eigenvalue weighted by molar-refractivity contribution is 0.668. The third kappa shape index (κ3) is 4.22. The molecule has 0 radical (unpaired) electrons. The minimum atomic E-state index is 0.619. The third-order valence-corrected chi connectivity index (χ3v) is 9.14. The molecule has 224 valence electrons. The Labute approximate surface area is 274 Å². The fourth-order valence-electron chi connectivity index (χ4n) is 6.86. The maximum Gasteiger partial charge on any atom is 0.164 e. The number of fused-ring (bicyclic) bond motifs is 8. The van der Waals surface area contributed by atoms with Crippen molar-refractivity contribution in [1.82, 2.24) is 15.0 Å². The lowest BCUT2D eigenvalue weighted by Gasteiger charge is -2.10. The maximum absolute atomic E-state index is 6.15. The Hall–Kier alpha value is -6.59. The average molecular weight is 616 g/mol. The molecule has 0 bridgehead atoms. The Morgan fingerprint density at radius 1 is 0.333 bits per heavy atom. The molecule has 0 amide bonds. The lowest BCUT2D eigenvalue weighted by atomic mass is 9.98. The largest absolute Gasteiger partial charge is 0.456 e. The molecule has 0 fully saturated rings. The van der Waals surface area contributed by atoms with Crippen LogP contribution >= 0.6 is 0 Å². The Morgan fingerprint density at radius 2 is 0.875 bits per heavy atom. The number of hydrogen-bond donors (Lipinski definition) is 0. The van der Waals surface area contributed by atoms with Gasteiger partial charge >= 0.3 is 0 Å². The first kappa shape index (κ1) is 26.6. The molecule has 0 saturated heterocycles. The topological polar surface area (TPSA) is 65.0 Å². The molecule has 0 saturated carbocycles. The predicted octanol–water partition coefficient (Wildman–Crippen LogP) is 11.5. The minimum Gasteiger partial charge on any atom is -0.456 e. The van der Waals surface area contributed by atoms with E-state index in [1.807, 2.05) is 78.9 Å². The van der Waals surface area contributed by atoms with Crippen LogP contribution in [0.5, 0.6) is 0 Å². The van der Waals surface area contributed by atoms with E-state index >= 15 is 0 Å². The van der Waals surface area contributed by atoms with E-state index < -0.39 is 0 Å². The van der Waals surface area contributed by atoms with Gasteiger partial charge in [-0.15, -0.1) is 0 Å². The number of para-hydroxylation sites is 2. The quantitative estimate of drug-likeness (QED) is 0.197. The van der Waals surface area contributed by atoms with Gasteiger partial charge < -0.3 is 8.83 Å². The summed E-state index contributed by atoms with van der Waals surface area (Å²) in [4.78, 5) is 15.0. The monoisotopic (exact) mass is 615 g/mol. The predicted molar refractivity (Wildman–Crippen MR) is 194 cm³/mol. The molecule has 0 spiro atoms. The summed E-state index contributed by atoms with van der Waals surface area (Å²) in [6, 6.07) is 51.6. The average Bonchev–Trinajstić information content (AvgIpc) is 3.74. The van der Waals surface area contributed by atoms with Crippen molar-refractivity contribution in [3.8, 4) is 45.3 Å². The van der Waals surface area contributed by atoms with Crippen molar-refractivity contribution in [2.75, 3.05) is 0 Å². The van der Waals surface area contributed by atoms with E-state index in [2.05, 4.69) is 72.8 Å². The lowest BCUT2D eigenvalue weighted by Crippen LogP contribution is -2.00. The van der Waals surface area contributed by atoms with Gasteiger partial charge in [0.1, 0.15) is 22.3 Å². The van der Waals surface area contributed by atoms with Crippen molar-refractivity contribution in [3.63, 3.8) is 0 Å². The van der Waals surface area contributed by atoms with Gasteiger partial charge in [0.15, 0.2) is 17.5 Å². The second-order valence-corrected chi connectivity index (χ2v) is 12.0. The molecule has 5 nitrogen and oxygen atoms in total. The molecule has 0 atom stereocenters. The van der Waals surface area contributed by atoms with Crippen LogP contribution in [0.4, 0.5) is 0 Å². The van der Waals surface area contributed by atoms with E-state index in [4.69, 9.17) is 23.8 Å². The Morgan fingerprint density at radius 3 is 1.60 bits per heavy atom. The SMILES string of the molecule is c1ccc(-c2nc(-c3ccc(-c4cccc5oc6ccccc6c45)cc3)nc(-c3ccc4c(ccc5oc6ccccc6c54)c3)n2)cc1. The number of benzene rings is 7. The number of furan rings is 2. The molecule has 0 N–H and O–H groups in total. The zero-order chi connectivity index (χ0) is 31.6. The Bertz CT molecular complexity index is 2830. The highest BCUT2D eigenvalue weighted by molar-refractivity contribution is 6.19. The smallest absolute Gasteiger partial charge is 0.164 e. The highest BCUT2D eigenvalue weighted by Gasteiger charge is 2.16. The standard InChI is InChI=1S/C43H25N3O2/c1-2-9-27(10-3-1)41-44-42(28-19-17-26(18-20-28)31-13-8-16-37-39(31)33-11-4-6-14-35(33)47-37)46-43(45-41)30-21-23-32-29(25-30)22-24-38-40(32)34-12-5-7-15-36(34)48-38/h1-25H. The third-order valence-electron chi connectivity index (χ3n) is 9.14. The summed E-state index contributed by atoms with van der Waals surface area (Å²) < 4.78 is 12.3. The van der Waals surface area contributed by atoms with Crippen LogP contribution < -0.4 is 0 Å². The molecule has 0 aliphatic rings. The van der Waals surface area contributed by atoms with Crippen LogP contribution in [-0.2, 0) is 0 Å². The fourth-order valence-corrected chi connectivity index (χ4v) is 6.86. The summed E-state index contributed by atoms with van der Waals surface area (Å²) in [6.07, 6.45) is 0. The highest BCUT2D eigenvalue weighted by atomic mass is 16.3. The second kappa shape index (κ2) is 10.5. The maximum atomic E-state index is 6.15. The molecule has 10 rings (SSSR count). The van der Waals surface area contributed by atoms with Crippen molar-refractivity contribution in [2.45, 2.75) is 0 Å². The molecule has 7 aromatic carbocycles. The number of rotatable bonds is 4. The van der Waals surface area contributed by atoms with Gasteiger partial charge in [0.2, 0.25) is 0 Å². The molecule has 3 aromatic heterocycles. The van der Waals surface area contributed by atoms with Crippen LogP contribution in [-0.4, -0.2) is 15.0 Å². The van der Waals surface area contributed by atoms with Crippen molar-refractivity contribution < 1.29 is 8.83 Å². The Kier molecular flexibility index (Phi) is 5.81. The summed E-state index contributed by atoms with van der Waals surface area (Å²) in [7, 11) is 0. The summed E-state index contributed by atoms with van der Waals surface area (Å²) in [5.41, 5.74) is 8.53. The van der Waals surface area contributed by atoms with Crippen molar-refractivity contribution in [2.24, 2.45) is 0 Å². The first-order valence-electron chi connectivity index (χ1n) is 15.9. The molecule has 3 heterocycles. The van der Waals surface area contributed by atoms with E-state index in [1.54, 1.807) is 0 Å².